The first-order chi connectivity index (χ1) is 14.9. The van der Waals surface area contributed by atoms with Gasteiger partial charge in [0.15, 0.2) is 0 Å². The molecule has 1 saturated heterocycles. The summed E-state index contributed by atoms with van der Waals surface area (Å²) in [4.78, 5) is 29.6. The van der Waals surface area contributed by atoms with Gasteiger partial charge in [-0.05, 0) is 61.0 Å². The van der Waals surface area contributed by atoms with E-state index >= 15 is 0 Å². The highest BCUT2D eigenvalue weighted by Gasteiger charge is 2.31. The highest BCUT2D eigenvalue weighted by atomic mass is 32.1. The standard InChI is InChI=1S/C24H26FN3O2S/c1-27(14-16-8-10-17(25)11-9-16)15-22(29)28-12-4-5-18(28)13-20-19-6-2-3-7-21(19)31-23(20)24(26)30/h2-3,6-11,18H,4-5,12-15H2,1H3,(H2,26,30)/t18-/m1/s1. The van der Waals surface area contributed by atoms with Gasteiger partial charge in [0.25, 0.3) is 5.91 Å². The summed E-state index contributed by atoms with van der Waals surface area (Å²) in [5, 5.41) is 1.05. The molecule has 0 unspecified atom stereocenters. The van der Waals surface area contributed by atoms with Gasteiger partial charge in [-0.2, -0.15) is 0 Å². The molecule has 2 heterocycles. The fourth-order valence-electron chi connectivity index (χ4n) is 4.39. The maximum Gasteiger partial charge on any atom is 0.259 e. The predicted octanol–water partition coefficient (Wildman–Crippen LogP) is 3.80. The van der Waals surface area contributed by atoms with Crippen LogP contribution >= 0.6 is 11.3 Å². The van der Waals surface area contributed by atoms with Crippen LogP contribution in [0.15, 0.2) is 48.5 Å². The molecule has 0 radical (unpaired) electrons. The Balaban J connectivity index is 1.46. The summed E-state index contributed by atoms with van der Waals surface area (Å²) in [7, 11) is 1.89. The van der Waals surface area contributed by atoms with Gasteiger partial charge in [0.05, 0.1) is 11.4 Å². The Hall–Kier alpha value is -2.77. The summed E-state index contributed by atoms with van der Waals surface area (Å²) >= 11 is 1.42. The molecule has 5 nitrogen and oxygen atoms in total. The van der Waals surface area contributed by atoms with E-state index in [0.717, 1.165) is 40.6 Å². The monoisotopic (exact) mass is 439 g/mol. The summed E-state index contributed by atoms with van der Waals surface area (Å²) in [6.07, 6.45) is 2.50. The van der Waals surface area contributed by atoms with Crippen molar-refractivity contribution in [1.82, 2.24) is 9.80 Å². The first kappa shape index (κ1) is 21.5. The van der Waals surface area contributed by atoms with Gasteiger partial charge in [0, 0.05) is 23.8 Å². The molecule has 0 aliphatic carbocycles. The van der Waals surface area contributed by atoms with E-state index in [-0.39, 0.29) is 17.8 Å². The summed E-state index contributed by atoms with van der Waals surface area (Å²) in [5.74, 6) is -0.600. The van der Waals surface area contributed by atoms with Crippen LogP contribution in [-0.2, 0) is 17.8 Å². The number of thiophene rings is 1. The van der Waals surface area contributed by atoms with Crippen LogP contribution in [0.1, 0.15) is 33.6 Å². The van der Waals surface area contributed by atoms with E-state index in [1.165, 1.54) is 23.5 Å². The van der Waals surface area contributed by atoms with Gasteiger partial charge < -0.3 is 10.6 Å². The molecule has 1 fully saturated rings. The quantitative estimate of drug-likeness (QED) is 0.609. The normalized spacial score (nSPS) is 16.4. The lowest BCUT2D eigenvalue weighted by molar-refractivity contribution is -0.133. The third-order valence-corrected chi connectivity index (χ3v) is 7.06. The van der Waals surface area contributed by atoms with E-state index in [4.69, 9.17) is 5.73 Å². The van der Waals surface area contributed by atoms with E-state index in [9.17, 15) is 14.0 Å². The fourth-order valence-corrected chi connectivity index (χ4v) is 5.48. The molecular formula is C24H26FN3O2S. The van der Waals surface area contributed by atoms with Gasteiger partial charge in [-0.15, -0.1) is 11.3 Å². The highest BCUT2D eigenvalue weighted by molar-refractivity contribution is 7.21. The molecule has 1 atom stereocenters. The number of likely N-dealkylation sites (N-methyl/N-ethyl adjacent to an activating group) is 1. The number of hydrogen-bond acceptors (Lipinski definition) is 4. The molecule has 0 bridgehead atoms. The number of nitrogens with zero attached hydrogens (tertiary/aromatic N) is 2. The van der Waals surface area contributed by atoms with E-state index in [1.807, 2.05) is 41.1 Å². The van der Waals surface area contributed by atoms with Gasteiger partial charge in [-0.25, -0.2) is 4.39 Å². The van der Waals surface area contributed by atoms with E-state index in [2.05, 4.69) is 0 Å². The minimum Gasteiger partial charge on any atom is -0.365 e. The zero-order chi connectivity index (χ0) is 22.0. The van der Waals surface area contributed by atoms with E-state index in [1.54, 1.807) is 12.1 Å². The van der Waals surface area contributed by atoms with Crippen LogP contribution in [-0.4, -0.2) is 47.8 Å². The van der Waals surface area contributed by atoms with E-state index in [0.29, 0.717) is 24.4 Å². The lowest BCUT2D eigenvalue weighted by atomic mass is 10.0. The Morgan fingerprint density at radius 2 is 1.94 bits per heavy atom. The average molecular weight is 440 g/mol. The number of likely N-dealkylation sites (tertiary alicyclic amines) is 1. The Labute approximate surface area is 185 Å². The number of hydrogen-bond donors (Lipinski definition) is 1. The Morgan fingerprint density at radius 3 is 2.68 bits per heavy atom. The number of nitrogens with two attached hydrogens (primary N) is 1. The summed E-state index contributed by atoms with van der Waals surface area (Å²) in [5.41, 5.74) is 7.58. The molecule has 2 amide bonds. The molecule has 7 heteroatoms. The van der Waals surface area contributed by atoms with Crippen LogP contribution in [0.25, 0.3) is 10.1 Å². The SMILES string of the molecule is CN(CC(=O)N1CCC[C@@H]1Cc1c(C(N)=O)sc2ccccc12)Cc1ccc(F)cc1. The molecular weight excluding hydrogens is 413 g/mol. The smallest absolute Gasteiger partial charge is 0.259 e. The summed E-state index contributed by atoms with van der Waals surface area (Å²) < 4.78 is 14.2. The molecule has 4 rings (SSSR count). The van der Waals surface area contributed by atoms with Crippen LogP contribution < -0.4 is 5.73 Å². The molecule has 1 aliphatic rings. The van der Waals surface area contributed by atoms with Crippen molar-refractivity contribution >= 4 is 33.2 Å². The van der Waals surface area contributed by atoms with Gasteiger partial charge in [-0.3, -0.25) is 14.5 Å². The van der Waals surface area contributed by atoms with Crippen LogP contribution in [0, 0.1) is 5.82 Å². The third-order valence-electron chi connectivity index (χ3n) is 5.83. The average Bonchev–Trinajstić information content (AvgIpc) is 3.35. The third kappa shape index (κ3) is 4.78. The van der Waals surface area contributed by atoms with E-state index < -0.39 is 5.91 Å². The largest absolute Gasteiger partial charge is 0.365 e. The second-order valence-electron chi connectivity index (χ2n) is 8.16. The highest BCUT2D eigenvalue weighted by Crippen LogP contribution is 2.34. The molecule has 162 valence electrons. The molecule has 3 aromatic rings. The van der Waals surface area contributed by atoms with Gasteiger partial charge in [-0.1, -0.05) is 30.3 Å². The zero-order valence-electron chi connectivity index (χ0n) is 17.5. The molecule has 31 heavy (non-hydrogen) atoms. The topological polar surface area (TPSA) is 66.6 Å². The van der Waals surface area contributed by atoms with Gasteiger partial charge >= 0.3 is 0 Å². The fraction of sp³-hybridized carbons (Fsp3) is 0.333. The van der Waals surface area contributed by atoms with Crippen molar-refractivity contribution in [1.29, 1.82) is 0 Å². The molecule has 0 saturated carbocycles. The molecule has 2 aromatic carbocycles. The lowest BCUT2D eigenvalue weighted by Crippen LogP contribution is -2.42. The number of halogens is 1. The molecule has 1 aliphatic heterocycles. The Bertz CT molecular complexity index is 1100. The van der Waals surface area contributed by atoms with Crippen molar-refractivity contribution in [2.75, 3.05) is 20.1 Å². The van der Waals surface area contributed by atoms with Crippen molar-refractivity contribution in [3.63, 3.8) is 0 Å². The van der Waals surface area contributed by atoms with Crippen LogP contribution in [0.5, 0.6) is 0 Å². The van der Waals surface area contributed by atoms with Crippen molar-refractivity contribution in [3.05, 3.63) is 70.4 Å². The molecule has 1 aromatic heterocycles. The minimum atomic E-state index is -0.411. The van der Waals surface area contributed by atoms with Crippen molar-refractivity contribution in [3.8, 4) is 0 Å². The number of fused-ring (bicyclic) bond motifs is 1. The number of primary amides is 1. The van der Waals surface area contributed by atoms with Crippen LogP contribution in [0.4, 0.5) is 4.39 Å². The first-order valence-corrected chi connectivity index (χ1v) is 11.3. The van der Waals surface area contributed by atoms with Gasteiger partial charge in [0.2, 0.25) is 5.91 Å². The minimum absolute atomic E-state index is 0.0582. The van der Waals surface area contributed by atoms with Crippen molar-refractivity contribution in [2.24, 2.45) is 5.73 Å². The molecule has 0 spiro atoms. The second-order valence-corrected chi connectivity index (χ2v) is 9.21. The van der Waals surface area contributed by atoms with Gasteiger partial charge in [0.1, 0.15) is 5.82 Å². The van der Waals surface area contributed by atoms with Crippen LogP contribution in [0.3, 0.4) is 0 Å². The number of carbonyl (C=O) groups excluding carboxylic acids is 2. The van der Waals surface area contributed by atoms with Crippen LogP contribution in [0.2, 0.25) is 0 Å². The number of benzene rings is 2. The zero-order valence-corrected chi connectivity index (χ0v) is 18.3. The number of carbonyl (C=O) groups is 2. The van der Waals surface area contributed by atoms with Crippen molar-refractivity contribution in [2.45, 2.75) is 31.8 Å². The lowest BCUT2D eigenvalue weighted by Gasteiger charge is -2.27. The second kappa shape index (κ2) is 9.16. The summed E-state index contributed by atoms with van der Waals surface area (Å²) in [6, 6.07) is 14.3. The number of amides is 2. The first-order valence-electron chi connectivity index (χ1n) is 10.4. The molecule has 2 N–H and O–H groups in total. The number of rotatable bonds is 7. The maximum atomic E-state index is 13.1. The predicted molar refractivity (Wildman–Crippen MR) is 122 cm³/mol. The summed E-state index contributed by atoms with van der Waals surface area (Å²) in [6.45, 7) is 1.59. The Morgan fingerprint density at radius 1 is 1.19 bits per heavy atom. The van der Waals surface area contributed by atoms with Crippen molar-refractivity contribution < 1.29 is 14.0 Å². The maximum absolute atomic E-state index is 13.1. The Kier molecular flexibility index (Phi) is 6.34.